The molecule has 19 heavy (non-hydrogen) atoms. The Morgan fingerprint density at radius 3 is 2.79 bits per heavy atom. The highest BCUT2D eigenvalue weighted by molar-refractivity contribution is 7.91. The van der Waals surface area contributed by atoms with Crippen LogP contribution in [0.5, 0.6) is 5.75 Å². The first-order valence-electron chi connectivity index (χ1n) is 5.58. The molecule has 102 valence electrons. The summed E-state index contributed by atoms with van der Waals surface area (Å²) < 4.78 is 22.5. The van der Waals surface area contributed by atoms with Gasteiger partial charge in [0.1, 0.15) is 5.75 Å². The van der Waals surface area contributed by atoms with Crippen molar-refractivity contribution in [1.82, 2.24) is 0 Å². The van der Waals surface area contributed by atoms with E-state index in [1.54, 1.807) is 0 Å². The molecule has 1 heterocycles. The molecule has 1 aliphatic heterocycles. The second kappa shape index (κ2) is 4.96. The lowest BCUT2D eigenvalue weighted by molar-refractivity contribution is -0.384. The van der Waals surface area contributed by atoms with Crippen molar-refractivity contribution in [3.8, 4) is 5.75 Å². The summed E-state index contributed by atoms with van der Waals surface area (Å²) in [4.78, 5) is 14.1. The molecule has 1 fully saturated rings. The summed E-state index contributed by atoms with van der Waals surface area (Å²) in [7, 11) is -3.02. The fraction of sp³-hybridized carbons (Fsp3) is 0.364. The van der Waals surface area contributed by atoms with Gasteiger partial charge in [0.05, 0.1) is 22.5 Å². The Balaban J connectivity index is 2.19. The number of phenols is 1. The summed E-state index contributed by atoms with van der Waals surface area (Å²) in [5.41, 5.74) is 0.0526. The van der Waals surface area contributed by atoms with Crippen LogP contribution in [-0.2, 0) is 9.84 Å². The molecule has 7 nitrogen and oxygen atoms in total. The van der Waals surface area contributed by atoms with Crippen LogP contribution in [0.2, 0.25) is 0 Å². The zero-order chi connectivity index (χ0) is 14.0. The smallest absolute Gasteiger partial charge is 0.270 e. The number of hydrogen-bond acceptors (Lipinski definition) is 6. The Morgan fingerprint density at radius 1 is 1.47 bits per heavy atom. The van der Waals surface area contributed by atoms with E-state index in [4.69, 9.17) is 0 Å². The van der Waals surface area contributed by atoms with Crippen molar-refractivity contribution >= 4 is 21.7 Å². The lowest BCUT2D eigenvalue weighted by Crippen LogP contribution is -2.07. The van der Waals surface area contributed by atoms with Gasteiger partial charge < -0.3 is 5.11 Å². The van der Waals surface area contributed by atoms with Gasteiger partial charge in [-0.3, -0.25) is 15.1 Å². The summed E-state index contributed by atoms with van der Waals surface area (Å²) in [5, 5.41) is 20.2. The number of hydrogen-bond donors (Lipinski definition) is 1. The van der Waals surface area contributed by atoms with Crippen LogP contribution in [0.15, 0.2) is 23.2 Å². The minimum Gasteiger partial charge on any atom is -0.507 e. The number of rotatable bonds is 3. The number of aliphatic imine (C=N–C) groups is 1. The monoisotopic (exact) mass is 284 g/mol. The standard InChI is InChI=1S/C11H12N2O5S/c14-11-2-1-10(13(15)16)5-8(11)6-12-9-3-4-19(17,18)7-9/h1-2,5-6,9,14H,3-4,7H2/t9-/m0/s1. The number of aromatic hydroxyl groups is 1. The molecular formula is C11H12N2O5S. The normalized spacial score (nSPS) is 21.8. The number of phenolic OH excluding ortho intramolecular Hbond substituents is 1. The van der Waals surface area contributed by atoms with Crippen molar-refractivity contribution in [3.05, 3.63) is 33.9 Å². The molecule has 0 aliphatic carbocycles. The van der Waals surface area contributed by atoms with Gasteiger partial charge in [-0.05, 0) is 12.5 Å². The highest BCUT2D eigenvalue weighted by atomic mass is 32.2. The van der Waals surface area contributed by atoms with Crippen molar-refractivity contribution in [3.63, 3.8) is 0 Å². The first-order chi connectivity index (χ1) is 8.87. The summed E-state index contributed by atoms with van der Waals surface area (Å²) in [6.45, 7) is 0. The highest BCUT2D eigenvalue weighted by Crippen LogP contribution is 2.22. The van der Waals surface area contributed by atoms with Crippen LogP contribution >= 0.6 is 0 Å². The number of nitro benzene ring substituents is 1. The molecule has 0 aromatic heterocycles. The maximum absolute atomic E-state index is 11.3. The third-order valence-corrected chi connectivity index (χ3v) is 4.61. The van der Waals surface area contributed by atoms with Gasteiger partial charge in [0.15, 0.2) is 9.84 Å². The minimum atomic E-state index is -3.02. The summed E-state index contributed by atoms with van der Waals surface area (Å²) in [5.74, 6) is -0.0371. The van der Waals surface area contributed by atoms with Crippen LogP contribution in [0.3, 0.4) is 0 Å². The van der Waals surface area contributed by atoms with Crippen LogP contribution in [0.4, 0.5) is 5.69 Å². The molecule has 0 radical (unpaired) electrons. The first-order valence-corrected chi connectivity index (χ1v) is 7.40. The summed E-state index contributed by atoms with van der Waals surface area (Å²) >= 11 is 0. The van der Waals surface area contributed by atoms with Crippen LogP contribution in [0.25, 0.3) is 0 Å². The van der Waals surface area contributed by atoms with Gasteiger partial charge in [0, 0.05) is 23.9 Å². The fourth-order valence-corrected chi connectivity index (χ4v) is 3.47. The molecule has 8 heteroatoms. The van der Waals surface area contributed by atoms with E-state index in [0.29, 0.717) is 6.42 Å². The van der Waals surface area contributed by atoms with E-state index in [0.717, 1.165) is 0 Å². The van der Waals surface area contributed by atoms with Gasteiger partial charge in [-0.25, -0.2) is 8.42 Å². The van der Waals surface area contributed by atoms with Crippen molar-refractivity contribution in [2.75, 3.05) is 11.5 Å². The second-order valence-corrected chi connectivity index (χ2v) is 6.56. The molecule has 1 N–H and O–H groups in total. The lowest BCUT2D eigenvalue weighted by Gasteiger charge is -2.01. The molecule has 0 spiro atoms. The van der Waals surface area contributed by atoms with Crippen molar-refractivity contribution in [2.45, 2.75) is 12.5 Å². The Bertz CT molecular complexity index is 638. The van der Waals surface area contributed by atoms with E-state index in [2.05, 4.69) is 4.99 Å². The molecule has 1 aromatic rings. The fourth-order valence-electron chi connectivity index (χ4n) is 1.84. The Hall–Kier alpha value is -1.96. The van der Waals surface area contributed by atoms with E-state index < -0.39 is 14.8 Å². The number of nitro groups is 1. The van der Waals surface area contributed by atoms with E-state index in [1.807, 2.05) is 0 Å². The van der Waals surface area contributed by atoms with Crippen molar-refractivity contribution in [1.29, 1.82) is 0 Å². The SMILES string of the molecule is O=[N+]([O-])c1ccc(O)c(C=N[C@H]2CCS(=O)(=O)C2)c1. The third-order valence-electron chi connectivity index (χ3n) is 2.85. The van der Waals surface area contributed by atoms with Gasteiger partial charge in [-0.1, -0.05) is 0 Å². The summed E-state index contributed by atoms with van der Waals surface area (Å²) in [6.07, 6.45) is 1.72. The predicted octanol–water partition coefficient (Wildman–Crippen LogP) is 0.906. The van der Waals surface area contributed by atoms with Crippen LogP contribution in [-0.4, -0.2) is 42.2 Å². The molecule has 0 amide bonds. The van der Waals surface area contributed by atoms with Crippen molar-refractivity contribution < 1.29 is 18.4 Å². The van der Waals surface area contributed by atoms with E-state index in [-0.39, 0.29) is 34.5 Å². The van der Waals surface area contributed by atoms with E-state index in [1.165, 1.54) is 24.4 Å². The Morgan fingerprint density at radius 2 is 2.21 bits per heavy atom. The maximum Gasteiger partial charge on any atom is 0.270 e. The quantitative estimate of drug-likeness (QED) is 0.504. The zero-order valence-electron chi connectivity index (χ0n) is 9.89. The van der Waals surface area contributed by atoms with Gasteiger partial charge in [-0.2, -0.15) is 0 Å². The summed E-state index contributed by atoms with van der Waals surface area (Å²) in [6, 6.07) is 3.25. The number of sulfone groups is 1. The first kappa shape index (κ1) is 13.5. The molecule has 1 saturated heterocycles. The third kappa shape index (κ3) is 3.28. The molecule has 1 aromatic carbocycles. The van der Waals surface area contributed by atoms with Crippen molar-refractivity contribution in [2.24, 2.45) is 4.99 Å². The minimum absolute atomic E-state index is 0.0147. The second-order valence-electron chi connectivity index (χ2n) is 4.34. The van der Waals surface area contributed by atoms with Crippen LogP contribution < -0.4 is 0 Å². The largest absolute Gasteiger partial charge is 0.507 e. The molecule has 0 bridgehead atoms. The Labute approximate surface area is 109 Å². The van der Waals surface area contributed by atoms with Gasteiger partial charge in [-0.15, -0.1) is 0 Å². The zero-order valence-corrected chi connectivity index (χ0v) is 10.7. The molecule has 0 unspecified atom stereocenters. The molecular weight excluding hydrogens is 272 g/mol. The van der Waals surface area contributed by atoms with E-state index >= 15 is 0 Å². The predicted molar refractivity (Wildman–Crippen MR) is 69.4 cm³/mol. The highest BCUT2D eigenvalue weighted by Gasteiger charge is 2.26. The molecule has 1 atom stereocenters. The Kier molecular flexibility index (Phi) is 3.52. The average Bonchev–Trinajstić information content (AvgIpc) is 2.67. The lowest BCUT2D eigenvalue weighted by atomic mass is 10.2. The topological polar surface area (TPSA) is 110 Å². The number of non-ortho nitro benzene ring substituents is 1. The molecule has 1 aliphatic rings. The molecule has 2 rings (SSSR count). The number of benzene rings is 1. The average molecular weight is 284 g/mol. The van der Waals surface area contributed by atoms with Crippen LogP contribution in [0, 0.1) is 10.1 Å². The van der Waals surface area contributed by atoms with Crippen LogP contribution in [0.1, 0.15) is 12.0 Å². The van der Waals surface area contributed by atoms with E-state index in [9.17, 15) is 23.6 Å². The number of nitrogens with zero attached hydrogens (tertiary/aromatic N) is 2. The van der Waals surface area contributed by atoms with Gasteiger partial charge in [0.2, 0.25) is 0 Å². The van der Waals surface area contributed by atoms with Gasteiger partial charge in [0.25, 0.3) is 5.69 Å². The molecule has 0 saturated carbocycles. The maximum atomic E-state index is 11.3. The van der Waals surface area contributed by atoms with Gasteiger partial charge >= 0.3 is 0 Å².